The predicted octanol–water partition coefficient (Wildman–Crippen LogP) is 3.66. The Hall–Kier alpha value is -2.69. The highest BCUT2D eigenvalue weighted by molar-refractivity contribution is 6.04. The molecule has 1 N–H and O–H groups in total. The molecule has 2 aromatic carbocycles. The van der Waals surface area contributed by atoms with Gasteiger partial charge in [0.1, 0.15) is 5.75 Å². The molecule has 0 fully saturated rings. The van der Waals surface area contributed by atoms with E-state index < -0.39 is 0 Å². The summed E-state index contributed by atoms with van der Waals surface area (Å²) in [6.45, 7) is 4.49. The smallest absolute Gasteiger partial charge is 0.255 e. The van der Waals surface area contributed by atoms with Gasteiger partial charge in [-0.1, -0.05) is 0 Å². The molecule has 0 aromatic heterocycles. The third-order valence-electron chi connectivity index (χ3n) is 3.38. The first-order chi connectivity index (χ1) is 11.1. The highest BCUT2D eigenvalue weighted by Gasteiger charge is 2.11. The molecule has 5 heteroatoms. The van der Waals surface area contributed by atoms with Gasteiger partial charge in [-0.25, -0.2) is 0 Å². The molecule has 0 spiro atoms. The normalized spacial score (nSPS) is 10.1. The largest absolute Gasteiger partial charge is 0.494 e. The van der Waals surface area contributed by atoms with Crippen LogP contribution in [0.5, 0.6) is 17.2 Å². The molecule has 0 aliphatic rings. The molecule has 2 aromatic rings. The van der Waals surface area contributed by atoms with E-state index in [1.807, 2.05) is 32.0 Å². The molecular weight excluding hydrogens is 294 g/mol. The summed E-state index contributed by atoms with van der Waals surface area (Å²) in [4.78, 5) is 12.4. The second-order valence-corrected chi connectivity index (χ2v) is 4.94. The van der Waals surface area contributed by atoms with E-state index in [1.165, 1.54) is 7.11 Å². The van der Waals surface area contributed by atoms with Gasteiger partial charge in [-0.15, -0.1) is 0 Å². The Bertz CT molecular complexity index is 697. The van der Waals surface area contributed by atoms with Crippen LogP contribution in [-0.4, -0.2) is 26.7 Å². The summed E-state index contributed by atoms with van der Waals surface area (Å²) in [5.74, 6) is 1.70. The van der Waals surface area contributed by atoms with Crippen LogP contribution in [0.2, 0.25) is 0 Å². The monoisotopic (exact) mass is 315 g/mol. The summed E-state index contributed by atoms with van der Waals surface area (Å²) < 4.78 is 15.9. The number of hydrogen-bond acceptors (Lipinski definition) is 4. The minimum absolute atomic E-state index is 0.213. The maximum absolute atomic E-state index is 12.4. The number of benzene rings is 2. The molecule has 0 aliphatic heterocycles. The van der Waals surface area contributed by atoms with Crippen LogP contribution in [0.25, 0.3) is 0 Å². The Labute approximate surface area is 136 Å². The van der Waals surface area contributed by atoms with Crippen molar-refractivity contribution >= 4 is 11.6 Å². The molecule has 0 atom stereocenters. The molecule has 0 saturated heterocycles. The van der Waals surface area contributed by atoms with Gasteiger partial charge in [0.05, 0.1) is 20.8 Å². The van der Waals surface area contributed by atoms with Crippen molar-refractivity contribution in [3.05, 3.63) is 47.5 Å². The lowest BCUT2D eigenvalue weighted by atomic mass is 10.1. The van der Waals surface area contributed by atoms with Gasteiger partial charge >= 0.3 is 0 Å². The maximum atomic E-state index is 12.4. The first-order valence-corrected chi connectivity index (χ1v) is 7.35. The van der Waals surface area contributed by atoms with Crippen molar-refractivity contribution in [2.45, 2.75) is 13.8 Å². The Kier molecular flexibility index (Phi) is 5.46. The van der Waals surface area contributed by atoms with E-state index in [2.05, 4.69) is 5.32 Å². The van der Waals surface area contributed by atoms with Crippen LogP contribution in [0.3, 0.4) is 0 Å². The van der Waals surface area contributed by atoms with Crippen LogP contribution in [0.4, 0.5) is 5.69 Å². The number of ether oxygens (including phenoxy) is 3. The lowest BCUT2D eigenvalue weighted by Gasteiger charge is -2.12. The predicted molar refractivity (Wildman–Crippen MR) is 89.8 cm³/mol. The Morgan fingerprint density at radius 2 is 1.70 bits per heavy atom. The minimum Gasteiger partial charge on any atom is -0.494 e. The number of nitrogens with one attached hydrogen (secondary N) is 1. The number of hydrogen-bond donors (Lipinski definition) is 1. The molecule has 5 nitrogen and oxygen atoms in total. The molecule has 2 rings (SSSR count). The van der Waals surface area contributed by atoms with Crippen molar-refractivity contribution in [2.24, 2.45) is 0 Å². The quantitative estimate of drug-likeness (QED) is 0.884. The minimum atomic E-state index is -0.213. The summed E-state index contributed by atoms with van der Waals surface area (Å²) >= 11 is 0. The fraction of sp³-hybridized carbons (Fsp3) is 0.278. The second kappa shape index (κ2) is 7.54. The number of amides is 1. The van der Waals surface area contributed by atoms with E-state index in [9.17, 15) is 4.79 Å². The van der Waals surface area contributed by atoms with Crippen LogP contribution < -0.4 is 19.5 Å². The van der Waals surface area contributed by atoms with E-state index in [-0.39, 0.29) is 5.91 Å². The highest BCUT2D eigenvalue weighted by Crippen LogP contribution is 2.28. The summed E-state index contributed by atoms with van der Waals surface area (Å²) in [5.41, 5.74) is 2.18. The number of carbonyl (C=O) groups excluding carboxylic acids is 1. The Morgan fingerprint density at radius 1 is 1.00 bits per heavy atom. The number of methoxy groups -OCH3 is 2. The van der Waals surface area contributed by atoms with Gasteiger partial charge < -0.3 is 19.5 Å². The molecule has 122 valence electrons. The first kappa shape index (κ1) is 16.7. The van der Waals surface area contributed by atoms with Crippen molar-refractivity contribution < 1.29 is 19.0 Å². The SMILES string of the molecule is CCOc1ccc(NC(=O)c2ccc(OC)c(OC)c2)cc1C. The van der Waals surface area contributed by atoms with Crippen molar-refractivity contribution in [3.8, 4) is 17.2 Å². The van der Waals surface area contributed by atoms with Gasteiger partial charge in [-0.3, -0.25) is 4.79 Å². The third kappa shape index (κ3) is 3.94. The lowest BCUT2D eigenvalue weighted by molar-refractivity contribution is 0.102. The number of carbonyl (C=O) groups is 1. The molecule has 0 radical (unpaired) electrons. The van der Waals surface area contributed by atoms with Gasteiger partial charge in [0.2, 0.25) is 0 Å². The van der Waals surface area contributed by atoms with Gasteiger partial charge in [0.25, 0.3) is 5.91 Å². The fourth-order valence-corrected chi connectivity index (χ4v) is 2.23. The van der Waals surface area contributed by atoms with E-state index in [1.54, 1.807) is 25.3 Å². The molecule has 1 amide bonds. The van der Waals surface area contributed by atoms with E-state index in [0.29, 0.717) is 29.4 Å². The molecular formula is C18H21NO4. The van der Waals surface area contributed by atoms with Crippen LogP contribution >= 0.6 is 0 Å². The van der Waals surface area contributed by atoms with Crippen LogP contribution in [0.15, 0.2) is 36.4 Å². The molecule has 0 heterocycles. The lowest BCUT2D eigenvalue weighted by Crippen LogP contribution is -2.12. The van der Waals surface area contributed by atoms with Gasteiger partial charge in [0.15, 0.2) is 11.5 Å². The Balaban J connectivity index is 2.17. The third-order valence-corrected chi connectivity index (χ3v) is 3.38. The maximum Gasteiger partial charge on any atom is 0.255 e. The van der Waals surface area contributed by atoms with Gasteiger partial charge in [-0.05, 0) is 55.8 Å². The van der Waals surface area contributed by atoms with Crippen molar-refractivity contribution in [1.82, 2.24) is 0 Å². The molecule has 0 saturated carbocycles. The van der Waals surface area contributed by atoms with Crippen molar-refractivity contribution in [3.63, 3.8) is 0 Å². The average Bonchev–Trinajstić information content (AvgIpc) is 2.56. The standard InChI is InChI=1S/C18H21NO4/c1-5-23-15-9-7-14(10-12(15)2)19-18(20)13-6-8-16(21-3)17(11-13)22-4/h6-11H,5H2,1-4H3,(H,19,20). The highest BCUT2D eigenvalue weighted by atomic mass is 16.5. The number of anilines is 1. The average molecular weight is 315 g/mol. The van der Waals surface area contributed by atoms with E-state index >= 15 is 0 Å². The zero-order valence-electron chi connectivity index (χ0n) is 13.8. The van der Waals surface area contributed by atoms with Crippen LogP contribution in [-0.2, 0) is 0 Å². The molecule has 0 aliphatic carbocycles. The van der Waals surface area contributed by atoms with E-state index in [0.717, 1.165) is 11.3 Å². The molecule has 0 unspecified atom stereocenters. The summed E-state index contributed by atoms with van der Waals surface area (Å²) in [6, 6.07) is 10.6. The number of rotatable bonds is 6. The zero-order valence-corrected chi connectivity index (χ0v) is 13.8. The molecule has 23 heavy (non-hydrogen) atoms. The topological polar surface area (TPSA) is 56.8 Å². The summed E-state index contributed by atoms with van der Waals surface area (Å²) in [5, 5.41) is 2.87. The van der Waals surface area contributed by atoms with Crippen LogP contribution in [0, 0.1) is 6.92 Å². The summed E-state index contributed by atoms with van der Waals surface area (Å²) in [7, 11) is 3.09. The van der Waals surface area contributed by atoms with Gasteiger partial charge in [0, 0.05) is 11.3 Å². The second-order valence-electron chi connectivity index (χ2n) is 4.94. The van der Waals surface area contributed by atoms with Crippen molar-refractivity contribution in [1.29, 1.82) is 0 Å². The molecule has 0 bridgehead atoms. The summed E-state index contributed by atoms with van der Waals surface area (Å²) in [6.07, 6.45) is 0. The van der Waals surface area contributed by atoms with Crippen LogP contribution in [0.1, 0.15) is 22.8 Å². The fourth-order valence-electron chi connectivity index (χ4n) is 2.23. The first-order valence-electron chi connectivity index (χ1n) is 7.35. The van der Waals surface area contributed by atoms with Gasteiger partial charge in [-0.2, -0.15) is 0 Å². The zero-order chi connectivity index (χ0) is 16.8. The van der Waals surface area contributed by atoms with E-state index in [4.69, 9.17) is 14.2 Å². The number of aryl methyl sites for hydroxylation is 1. The van der Waals surface area contributed by atoms with Crippen molar-refractivity contribution in [2.75, 3.05) is 26.1 Å². The Morgan fingerprint density at radius 3 is 2.30 bits per heavy atom.